The van der Waals surface area contributed by atoms with E-state index in [2.05, 4.69) is 0 Å². The van der Waals surface area contributed by atoms with E-state index >= 15 is 0 Å². The molecule has 0 radical (unpaired) electrons. The first kappa shape index (κ1) is 16.7. The molecule has 0 aromatic carbocycles. The Balaban J connectivity index is 1.72. The first-order chi connectivity index (χ1) is 10.0. The quantitative estimate of drug-likeness (QED) is 0.632. The van der Waals surface area contributed by atoms with Crippen molar-refractivity contribution in [2.75, 3.05) is 26.4 Å². The number of hydrogen-bond donors (Lipinski definition) is 1. The monoisotopic (exact) mass is 375 g/mol. The first-order valence-electron chi connectivity index (χ1n) is 6.69. The highest BCUT2D eigenvalue weighted by Crippen LogP contribution is 2.48. The largest absolute Gasteiger partial charge is 0.522 e. The standard InChI is InChI=1S/C10H16O7P2S2/c11-19(21)15-6-10-7(1-3-13-10)16-18(20)14-5-9-8(17-19)2-4-12-9/h7-10H,1-6H2/p+1/t7-,8-,9+,10+,19?/m0/s1. The molecule has 0 aromatic heterocycles. The molecule has 0 aliphatic carbocycles. The van der Waals surface area contributed by atoms with Crippen molar-refractivity contribution in [3.05, 3.63) is 0 Å². The fourth-order valence-corrected chi connectivity index (χ4v) is 5.25. The summed E-state index contributed by atoms with van der Waals surface area (Å²) in [6, 6.07) is 0. The Morgan fingerprint density at radius 3 is 2.43 bits per heavy atom. The van der Waals surface area contributed by atoms with Gasteiger partial charge in [0.05, 0.1) is 12.7 Å². The van der Waals surface area contributed by atoms with Crippen LogP contribution in [0.3, 0.4) is 0 Å². The van der Waals surface area contributed by atoms with E-state index in [1.165, 1.54) is 0 Å². The van der Waals surface area contributed by atoms with Crippen LogP contribution in [0.1, 0.15) is 12.8 Å². The molecule has 0 amide bonds. The summed E-state index contributed by atoms with van der Waals surface area (Å²) >= 11 is 10.3. The van der Waals surface area contributed by atoms with Gasteiger partial charge in [-0.3, -0.25) is 0 Å². The van der Waals surface area contributed by atoms with E-state index in [0.717, 1.165) is 0 Å². The SMILES string of the molecule is OP1(=S)OC[C@H]2OCC[C@@H]2O[P+](=S)OC[C@H]2OCC[C@@H]2O1. The van der Waals surface area contributed by atoms with Crippen molar-refractivity contribution in [3.63, 3.8) is 0 Å². The van der Waals surface area contributed by atoms with Gasteiger partial charge in [0, 0.05) is 26.1 Å². The van der Waals surface area contributed by atoms with Crippen molar-refractivity contribution in [1.82, 2.24) is 0 Å². The lowest BCUT2D eigenvalue weighted by Crippen LogP contribution is -2.31. The lowest BCUT2D eigenvalue weighted by Gasteiger charge is -2.25. The van der Waals surface area contributed by atoms with E-state index in [1.54, 1.807) is 0 Å². The van der Waals surface area contributed by atoms with E-state index < -0.39 is 13.9 Å². The van der Waals surface area contributed by atoms with Crippen LogP contribution in [0.25, 0.3) is 0 Å². The Morgan fingerprint density at radius 1 is 1.00 bits per heavy atom. The summed E-state index contributed by atoms with van der Waals surface area (Å²) in [6.07, 6.45) is 0.172. The predicted octanol–water partition coefficient (Wildman–Crippen LogP) is 1.37. The summed E-state index contributed by atoms with van der Waals surface area (Å²) in [4.78, 5) is 10.1. The second kappa shape index (κ2) is 7.20. The molecule has 0 spiro atoms. The van der Waals surface area contributed by atoms with Crippen LogP contribution in [-0.4, -0.2) is 55.7 Å². The van der Waals surface area contributed by atoms with Gasteiger partial charge in [0.25, 0.3) is 0 Å². The lowest BCUT2D eigenvalue weighted by molar-refractivity contribution is -0.0138. The van der Waals surface area contributed by atoms with Crippen LogP contribution in [0.2, 0.25) is 0 Å². The molecule has 0 aromatic rings. The van der Waals surface area contributed by atoms with Gasteiger partial charge >= 0.3 is 13.9 Å². The van der Waals surface area contributed by atoms with Crippen molar-refractivity contribution in [2.24, 2.45) is 0 Å². The van der Waals surface area contributed by atoms with Gasteiger partial charge in [0.15, 0.2) is 0 Å². The van der Waals surface area contributed by atoms with Crippen molar-refractivity contribution < 1.29 is 32.5 Å². The molecule has 3 aliphatic heterocycles. The zero-order chi connectivity index (χ0) is 14.9. The van der Waals surface area contributed by atoms with Gasteiger partial charge in [0.1, 0.15) is 24.9 Å². The summed E-state index contributed by atoms with van der Waals surface area (Å²) in [5, 5.41) is 0. The fourth-order valence-electron chi connectivity index (χ4n) is 2.45. The number of ether oxygens (including phenoxy) is 2. The molecule has 3 saturated heterocycles. The topological polar surface area (TPSA) is 75.6 Å². The van der Waals surface area contributed by atoms with Crippen LogP contribution >= 0.6 is 13.9 Å². The fraction of sp³-hybridized carbons (Fsp3) is 1.00. The maximum absolute atomic E-state index is 10.1. The molecule has 7 nitrogen and oxygen atoms in total. The smallest absolute Gasteiger partial charge is 0.373 e. The molecule has 3 fully saturated rings. The highest BCUT2D eigenvalue weighted by Gasteiger charge is 2.41. The van der Waals surface area contributed by atoms with E-state index in [4.69, 9.17) is 51.2 Å². The van der Waals surface area contributed by atoms with Crippen molar-refractivity contribution in [2.45, 2.75) is 37.3 Å². The third-order valence-corrected chi connectivity index (χ3v) is 6.50. The number of fused-ring (bicyclic) bond motifs is 2. The van der Waals surface area contributed by atoms with Gasteiger partial charge in [-0.1, -0.05) is 0 Å². The number of hydrogen-bond acceptors (Lipinski definition) is 8. The maximum atomic E-state index is 10.1. The van der Waals surface area contributed by atoms with Crippen molar-refractivity contribution in [3.8, 4) is 0 Å². The molecule has 1 N–H and O–H groups in total. The highest BCUT2D eigenvalue weighted by molar-refractivity contribution is 8.07. The Labute approximate surface area is 134 Å². The molecule has 3 rings (SSSR count). The zero-order valence-electron chi connectivity index (χ0n) is 11.2. The molecule has 2 unspecified atom stereocenters. The third kappa shape index (κ3) is 4.46. The molecule has 3 aliphatic rings. The highest BCUT2D eigenvalue weighted by atomic mass is 32.5. The molecule has 6 atom stereocenters. The number of rotatable bonds is 0. The average Bonchev–Trinajstić information content (AvgIpc) is 3.02. The van der Waals surface area contributed by atoms with Crippen LogP contribution in [-0.2, 0) is 51.2 Å². The third-order valence-electron chi connectivity index (χ3n) is 3.53. The van der Waals surface area contributed by atoms with Gasteiger partial charge < -0.3 is 23.4 Å². The lowest BCUT2D eigenvalue weighted by atomic mass is 10.2. The second-order valence-corrected chi connectivity index (χ2v) is 9.57. The summed E-state index contributed by atoms with van der Waals surface area (Å²) in [5.41, 5.74) is 0. The minimum absolute atomic E-state index is 0.120. The van der Waals surface area contributed by atoms with E-state index in [0.29, 0.717) is 26.1 Å². The molecular formula is C10H17O7P2S2+. The normalized spacial score (nSPS) is 47.2. The minimum Gasteiger partial charge on any atom is -0.373 e. The van der Waals surface area contributed by atoms with Gasteiger partial charge in [-0.15, -0.1) is 9.05 Å². The molecule has 11 heteroatoms. The molecule has 3 heterocycles. The van der Waals surface area contributed by atoms with Crippen LogP contribution in [0.4, 0.5) is 0 Å². The molecule has 0 saturated carbocycles. The summed E-state index contributed by atoms with van der Waals surface area (Å²) in [5.74, 6) is 0. The molecule has 21 heavy (non-hydrogen) atoms. The van der Waals surface area contributed by atoms with Crippen LogP contribution in [0.5, 0.6) is 0 Å². The van der Waals surface area contributed by atoms with Crippen LogP contribution < -0.4 is 0 Å². The Morgan fingerprint density at radius 2 is 1.67 bits per heavy atom. The summed E-state index contributed by atoms with van der Waals surface area (Å²) in [6.45, 7) is -1.87. The van der Waals surface area contributed by atoms with Crippen LogP contribution in [0, 0.1) is 0 Å². The van der Waals surface area contributed by atoms with Crippen molar-refractivity contribution >= 4 is 37.5 Å². The van der Waals surface area contributed by atoms with E-state index in [-0.39, 0.29) is 37.6 Å². The van der Waals surface area contributed by atoms with Crippen molar-refractivity contribution in [1.29, 1.82) is 0 Å². The Hall–Kier alpha value is 0.890. The van der Waals surface area contributed by atoms with Crippen LogP contribution in [0.15, 0.2) is 0 Å². The molecule has 120 valence electrons. The Kier molecular flexibility index (Phi) is 5.74. The minimum atomic E-state index is -3.33. The molecular weight excluding hydrogens is 358 g/mol. The van der Waals surface area contributed by atoms with Gasteiger partial charge in [-0.05, 0) is 11.8 Å². The van der Waals surface area contributed by atoms with Gasteiger partial charge in [-0.25, -0.2) is 0 Å². The summed E-state index contributed by atoms with van der Waals surface area (Å²) < 4.78 is 33.3. The van der Waals surface area contributed by atoms with Gasteiger partial charge in [-0.2, -0.15) is 0 Å². The van der Waals surface area contributed by atoms with E-state index in [9.17, 15) is 4.89 Å². The predicted molar refractivity (Wildman–Crippen MR) is 81.2 cm³/mol. The first-order valence-corrected chi connectivity index (χ1v) is 11.5. The van der Waals surface area contributed by atoms with E-state index in [1.807, 2.05) is 0 Å². The van der Waals surface area contributed by atoms with Gasteiger partial charge in [0.2, 0.25) is 11.8 Å². The average molecular weight is 375 g/mol. The molecule has 0 bridgehead atoms. The summed E-state index contributed by atoms with van der Waals surface area (Å²) in [7, 11) is -1.43. The Bertz CT molecular complexity index is 451. The second-order valence-electron chi connectivity index (χ2n) is 4.97. The maximum Gasteiger partial charge on any atom is 0.522 e. The zero-order valence-corrected chi connectivity index (χ0v) is 14.6.